The Morgan fingerprint density at radius 3 is 2.95 bits per heavy atom. The van der Waals surface area contributed by atoms with Crippen molar-refractivity contribution in [1.82, 2.24) is 9.88 Å². The van der Waals surface area contributed by atoms with Crippen molar-refractivity contribution in [3.63, 3.8) is 0 Å². The molecule has 2 heterocycles. The second-order valence-electron chi connectivity index (χ2n) is 4.93. The highest BCUT2D eigenvalue weighted by Gasteiger charge is 2.09. The summed E-state index contributed by atoms with van der Waals surface area (Å²) in [5.41, 5.74) is 2.15. The number of hydrogen-bond acceptors (Lipinski definition) is 5. The number of pyridine rings is 1. The Balaban J connectivity index is 1.59. The van der Waals surface area contributed by atoms with Crippen LogP contribution in [0.5, 0.6) is 0 Å². The summed E-state index contributed by atoms with van der Waals surface area (Å²) in [6.45, 7) is 8.38. The third-order valence-electron chi connectivity index (χ3n) is 3.53. The molecule has 0 amide bonds. The molecule has 1 aliphatic heterocycles. The van der Waals surface area contributed by atoms with Gasteiger partial charge in [-0.3, -0.25) is 9.88 Å². The van der Waals surface area contributed by atoms with E-state index in [0.717, 1.165) is 57.5 Å². The van der Waals surface area contributed by atoms with Gasteiger partial charge in [-0.05, 0) is 18.6 Å². The van der Waals surface area contributed by atoms with Crippen molar-refractivity contribution in [1.29, 1.82) is 0 Å². The number of nitrogens with zero attached hydrogens (tertiary/aromatic N) is 2. The van der Waals surface area contributed by atoms with Crippen LogP contribution >= 0.6 is 23.4 Å². The maximum absolute atomic E-state index is 5.87. The van der Waals surface area contributed by atoms with E-state index in [0.29, 0.717) is 5.88 Å². The summed E-state index contributed by atoms with van der Waals surface area (Å²) < 4.78 is 11.0. The van der Waals surface area contributed by atoms with Gasteiger partial charge in [-0.1, -0.05) is 0 Å². The van der Waals surface area contributed by atoms with E-state index < -0.39 is 0 Å². The number of rotatable bonds is 8. The van der Waals surface area contributed by atoms with Gasteiger partial charge in [-0.25, -0.2) is 0 Å². The molecule has 0 spiro atoms. The molecule has 6 heteroatoms. The lowest BCUT2D eigenvalue weighted by atomic mass is 10.2. The number of thioether (sulfide) groups is 1. The lowest BCUT2D eigenvalue weighted by molar-refractivity contribution is 0.0221. The van der Waals surface area contributed by atoms with Crippen molar-refractivity contribution in [2.24, 2.45) is 0 Å². The first kappa shape index (κ1) is 17.0. The Bertz CT molecular complexity index is 428. The van der Waals surface area contributed by atoms with Crippen LogP contribution in [-0.4, -0.2) is 61.7 Å². The van der Waals surface area contributed by atoms with Gasteiger partial charge in [-0.15, -0.1) is 23.4 Å². The van der Waals surface area contributed by atoms with E-state index in [1.165, 1.54) is 10.5 Å². The van der Waals surface area contributed by atoms with Crippen LogP contribution in [-0.2, 0) is 15.4 Å². The minimum Gasteiger partial charge on any atom is -0.379 e. The van der Waals surface area contributed by atoms with Crippen LogP contribution in [0.1, 0.15) is 11.3 Å². The fraction of sp³-hybridized carbons (Fsp3) is 0.667. The van der Waals surface area contributed by atoms with Crippen molar-refractivity contribution < 1.29 is 9.47 Å². The molecule has 1 fully saturated rings. The van der Waals surface area contributed by atoms with Gasteiger partial charge in [-0.2, -0.15) is 0 Å². The maximum atomic E-state index is 5.87. The zero-order valence-electron chi connectivity index (χ0n) is 12.5. The molecule has 0 bridgehead atoms. The number of hydrogen-bond donors (Lipinski definition) is 0. The first-order valence-electron chi connectivity index (χ1n) is 7.32. The van der Waals surface area contributed by atoms with Gasteiger partial charge in [0.05, 0.1) is 38.0 Å². The monoisotopic (exact) mass is 330 g/mol. The van der Waals surface area contributed by atoms with E-state index in [-0.39, 0.29) is 0 Å². The fourth-order valence-electron chi connectivity index (χ4n) is 2.18. The first-order chi connectivity index (χ1) is 10.3. The van der Waals surface area contributed by atoms with Gasteiger partial charge >= 0.3 is 0 Å². The van der Waals surface area contributed by atoms with Crippen LogP contribution in [0.3, 0.4) is 0 Å². The van der Waals surface area contributed by atoms with Crippen LogP contribution in [0, 0.1) is 6.92 Å². The molecule has 21 heavy (non-hydrogen) atoms. The van der Waals surface area contributed by atoms with Crippen molar-refractivity contribution in [2.45, 2.75) is 17.7 Å². The van der Waals surface area contributed by atoms with Crippen molar-refractivity contribution in [2.75, 3.05) is 51.8 Å². The molecule has 0 aromatic carbocycles. The second-order valence-corrected chi connectivity index (χ2v) is 6.33. The molecule has 1 aromatic rings. The lowest BCUT2D eigenvalue weighted by Gasteiger charge is -2.26. The van der Waals surface area contributed by atoms with E-state index >= 15 is 0 Å². The molecular formula is C15H23ClN2O2S. The highest BCUT2D eigenvalue weighted by molar-refractivity contribution is 7.99. The van der Waals surface area contributed by atoms with Crippen LogP contribution in [0.15, 0.2) is 17.2 Å². The Kier molecular flexibility index (Phi) is 7.82. The van der Waals surface area contributed by atoms with Crippen LogP contribution in [0.2, 0.25) is 0 Å². The van der Waals surface area contributed by atoms with E-state index in [2.05, 4.69) is 16.8 Å². The molecule has 0 atom stereocenters. The topological polar surface area (TPSA) is 34.6 Å². The molecule has 118 valence electrons. The van der Waals surface area contributed by atoms with Gasteiger partial charge < -0.3 is 9.47 Å². The molecule has 0 radical (unpaired) electrons. The molecular weight excluding hydrogens is 308 g/mol. The summed E-state index contributed by atoms with van der Waals surface area (Å²) in [7, 11) is 0. The number of aromatic nitrogens is 1. The summed E-state index contributed by atoms with van der Waals surface area (Å²) in [6, 6.07) is 2.05. The predicted octanol–water partition coefficient (Wildman–Crippen LogP) is 2.57. The van der Waals surface area contributed by atoms with Gasteiger partial charge in [0.1, 0.15) is 0 Å². The van der Waals surface area contributed by atoms with Crippen molar-refractivity contribution >= 4 is 23.4 Å². The zero-order valence-corrected chi connectivity index (χ0v) is 14.1. The van der Waals surface area contributed by atoms with Crippen LogP contribution in [0.25, 0.3) is 0 Å². The third kappa shape index (κ3) is 5.75. The fourth-order valence-corrected chi connectivity index (χ4v) is 3.36. The second kappa shape index (κ2) is 9.64. The molecule has 0 unspecified atom stereocenters. The van der Waals surface area contributed by atoms with Gasteiger partial charge in [0.2, 0.25) is 0 Å². The zero-order chi connectivity index (χ0) is 14.9. The average Bonchev–Trinajstić information content (AvgIpc) is 2.53. The molecule has 2 rings (SSSR count). The summed E-state index contributed by atoms with van der Waals surface area (Å²) >= 11 is 7.68. The molecule has 1 saturated heterocycles. The highest BCUT2D eigenvalue weighted by atomic mass is 35.5. The average molecular weight is 331 g/mol. The minimum atomic E-state index is 0.469. The first-order valence-corrected chi connectivity index (χ1v) is 8.84. The lowest BCUT2D eigenvalue weighted by Crippen LogP contribution is -2.38. The van der Waals surface area contributed by atoms with Gasteiger partial charge in [0.15, 0.2) is 0 Å². The number of morpholine rings is 1. The van der Waals surface area contributed by atoms with Crippen LogP contribution < -0.4 is 0 Å². The van der Waals surface area contributed by atoms with Crippen LogP contribution in [0.4, 0.5) is 0 Å². The maximum Gasteiger partial charge on any atom is 0.0650 e. The summed E-state index contributed by atoms with van der Waals surface area (Å²) in [5.74, 6) is 1.42. The molecule has 0 aliphatic carbocycles. The normalized spacial score (nSPS) is 16.3. The highest BCUT2D eigenvalue weighted by Crippen LogP contribution is 2.24. The largest absolute Gasteiger partial charge is 0.379 e. The van der Waals surface area contributed by atoms with E-state index in [4.69, 9.17) is 21.1 Å². The van der Waals surface area contributed by atoms with Crippen molar-refractivity contribution in [3.05, 3.63) is 23.5 Å². The molecule has 1 aromatic heterocycles. The Morgan fingerprint density at radius 1 is 1.38 bits per heavy atom. The Morgan fingerprint density at radius 2 is 2.19 bits per heavy atom. The number of halogens is 1. The third-order valence-corrected chi connectivity index (χ3v) is 4.90. The molecule has 1 aliphatic rings. The predicted molar refractivity (Wildman–Crippen MR) is 87.3 cm³/mol. The SMILES string of the molecule is Cc1c(SCCOCCN2CCOCC2)ccnc1CCl. The molecule has 0 saturated carbocycles. The number of alkyl halides is 1. The van der Waals surface area contributed by atoms with E-state index in [1.54, 1.807) is 11.8 Å². The minimum absolute atomic E-state index is 0.469. The number of ether oxygens (including phenoxy) is 2. The van der Waals surface area contributed by atoms with E-state index in [9.17, 15) is 0 Å². The summed E-state index contributed by atoms with van der Waals surface area (Å²) in [5, 5.41) is 0. The van der Waals surface area contributed by atoms with E-state index in [1.807, 2.05) is 12.3 Å². The van der Waals surface area contributed by atoms with Gasteiger partial charge in [0.25, 0.3) is 0 Å². The smallest absolute Gasteiger partial charge is 0.0650 e. The quantitative estimate of drug-likeness (QED) is 0.416. The summed E-state index contributed by atoms with van der Waals surface area (Å²) in [4.78, 5) is 7.91. The molecule has 0 N–H and O–H groups in total. The molecule has 4 nitrogen and oxygen atoms in total. The van der Waals surface area contributed by atoms with Crippen molar-refractivity contribution in [3.8, 4) is 0 Å². The Hall–Kier alpha value is -0.330. The summed E-state index contributed by atoms with van der Waals surface area (Å²) in [6.07, 6.45) is 1.83. The standard InChI is InChI=1S/C15H23ClN2O2S/c1-13-14(12-16)17-3-2-15(13)21-11-10-20-9-6-18-4-7-19-8-5-18/h2-3H,4-12H2,1H3. The Labute approximate surface area is 136 Å². The van der Waals surface area contributed by atoms with Gasteiger partial charge in [0, 0.05) is 36.5 Å².